The average Bonchev–Trinajstić information content (AvgIpc) is 3.42. The quantitative estimate of drug-likeness (QED) is 0.183. The normalized spacial score (nSPS) is 14.2. The summed E-state index contributed by atoms with van der Waals surface area (Å²) in [7, 11) is 0. The molecule has 0 radical (unpaired) electrons. The minimum Gasteiger partial charge on any atom is -0.494 e. The molecule has 1 aromatic heterocycles. The van der Waals surface area contributed by atoms with Crippen LogP contribution >= 0.6 is 11.3 Å². The molecule has 1 atom stereocenters. The van der Waals surface area contributed by atoms with E-state index in [2.05, 4.69) is 0 Å². The molecule has 0 fully saturated rings. The third-order valence-corrected chi connectivity index (χ3v) is 8.62. The molecule has 0 unspecified atom stereocenters. The van der Waals surface area contributed by atoms with Crippen molar-refractivity contribution in [1.82, 2.24) is 4.57 Å². The highest BCUT2D eigenvalue weighted by molar-refractivity contribution is 7.07. The third kappa shape index (κ3) is 6.84. The van der Waals surface area contributed by atoms with Gasteiger partial charge in [-0.3, -0.25) is 9.36 Å². The summed E-state index contributed by atoms with van der Waals surface area (Å²) in [6.45, 7) is 4.53. The second-order valence-corrected chi connectivity index (χ2v) is 11.8. The van der Waals surface area contributed by atoms with Crippen molar-refractivity contribution in [2.24, 2.45) is 4.99 Å². The Morgan fingerprint density at radius 3 is 2.27 bits per heavy atom. The average molecular weight is 661 g/mol. The summed E-state index contributed by atoms with van der Waals surface area (Å²) in [6.07, 6.45) is 1.79. The molecule has 1 N–H and O–H groups in total. The highest BCUT2D eigenvalue weighted by atomic mass is 32.1. The molecule has 5 aromatic rings. The number of hydrogen-bond donors (Lipinski definition) is 1. The van der Waals surface area contributed by atoms with Crippen LogP contribution in [0.15, 0.2) is 118 Å². The molecule has 0 saturated carbocycles. The van der Waals surface area contributed by atoms with E-state index in [-0.39, 0.29) is 29.9 Å². The largest absolute Gasteiger partial charge is 0.494 e. The van der Waals surface area contributed by atoms with Crippen LogP contribution in [0.3, 0.4) is 0 Å². The molecule has 10 heteroatoms. The maximum atomic E-state index is 14.2. The second-order valence-electron chi connectivity index (χ2n) is 10.8. The van der Waals surface area contributed by atoms with Gasteiger partial charge in [-0.2, -0.15) is 0 Å². The van der Waals surface area contributed by atoms with Crippen molar-refractivity contribution in [2.45, 2.75) is 26.5 Å². The molecular weight excluding hydrogens is 628 g/mol. The van der Waals surface area contributed by atoms with E-state index in [0.717, 1.165) is 16.7 Å². The summed E-state index contributed by atoms with van der Waals surface area (Å²) in [6, 6.07) is 29.8. The molecule has 0 saturated heterocycles. The third-order valence-electron chi connectivity index (χ3n) is 7.64. The number of carbonyl (C=O) groups is 2. The number of carboxylic acids is 1. The number of aromatic nitrogens is 1. The minimum atomic E-state index is -0.995. The van der Waals surface area contributed by atoms with Crippen LogP contribution < -0.4 is 24.4 Å². The standard InChI is InChI=1S/C38H32N2O7S/c1-3-45-29-19-15-27(16-20-29)34-32(37(44)46-4-2)33(26-10-6-5-7-11-26)39-38-40(34)35(41)31(48-38)22-24-13-17-30(18-14-24)47-23-25-9-8-12-28(21-25)36(42)43/h5-22,34H,3-4,23H2,1-2H3,(H,42,43)/b31-22-/t34-/m1/s1. The Bertz CT molecular complexity index is 2170. The van der Waals surface area contributed by atoms with Crippen molar-refractivity contribution < 1.29 is 28.9 Å². The van der Waals surface area contributed by atoms with Gasteiger partial charge >= 0.3 is 11.9 Å². The molecule has 0 spiro atoms. The first-order valence-corrected chi connectivity index (χ1v) is 16.2. The zero-order valence-corrected chi connectivity index (χ0v) is 27.1. The van der Waals surface area contributed by atoms with Gasteiger partial charge in [0.05, 0.1) is 40.6 Å². The van der Waals surface area contributed by atoms with Gasteiger partial charge in [-0.25, -0.2) is 14.6 Å². The smallest absolute Gasteiger partial charge is 0.338 e. The van der Waals surface area contributed by atoms with E-state index in [1.54, 1.807) is 47.9 Å². The van der Waals surface area contributed by atoms with Crippen molar-refractivity contribution in [1.29, 1.82) is 0 Å². The minimum absolute atomic E-state index is 0.166. The predicted octanol–water partition coefficient (Wildman–Crippen LogP) is 5.61. The number of ether oxygens (including phenoxy) is 3. The first-order valence-electron chi connectivity index (χ1n) is 15.4. The van der Waals surface area contributed by atoms with Crippen molar-refractivity contribution >= 4 is 35.0 Å². The van der Waals surface area contributed by atoms with Crippen LogP contribution in [0, 0.1) is 0 Å². The molecule has 2 heterocycles. The predicted molar refractivity (Wildman–Crippen MR) is 183 cm³/mol. The number of carbonyl (C=O) groups excluding carboxylic acids is 1. The van der Waals surface area contributed by atoms with Crippen LogP contribution in [0.25, 0.3) is 11.8 Å². The number of nitrogens with zero attached hydrogens (tertiary/aromatic N) is 2. The zero-order chi connectivity index (χ0) is 33.6. The topological polar surface area (TPSA) is 116 Å². The van der Waals surface area contributed by atoms with E-state index in [4.69, 9.17) is 19.2 Å². The lowest BCUT2D eigenvalue weighted by molar-refractivity contribution is -0.138. The first kappa shape index (κ1) is 32.2. The van der Waals surface area contributed by atoms with Gasteiger partial charge in [0.25, 0.3) is 5.56 Å². The van der Waals surface area contributed by atoms with Crippen LogP contribution in [0.5, 0.6) is 11.5 Å². The van der Waals surface area contributed by atoms with E-state index in [9.17, 15) is 19.5 Å². The number of benzene rings is 4. The molecule has 0 bridgehead atoms. The second kappa shape index (κ2) is 14.4. The Labute approximate surface area is 280 Å². The molecular formula is C38H32N2O7S. The van der Waals surface area contributed by atoms with Gasteiger partial charge < -0.3 is 19.3 Å². The van der Waals surface area contributed by atoms with Gasteiger partial charge in [0, 0.05) is 5.56 Å². The highest BCUT2D eigenvalue weighted by Crippen LogP contribution is 2.35. The monoisotopic (exact) mass is 660 g/mol. The fourth-order valence-corrected chi connectivity index (χ4v) is 6.44. The van der Waals surface area contributed by atoms with Gasteiger partial charge in [-0.05, 0) is 73.0 Å². The Kier molecular flexibility index (Phi) is 9.63. The van der Waals surface area contributed by atoms with Gasteiger partial charge in [0.15, 0.2) is 4.80 Å². The molecule has 242 valence electrons. The molecule has 48 heavy (non-hydrogen) atoms. The number of carboxylic acid groups (broad SMARTS) is 1. The molecule has 1 aliphatic rings. The molecule has 0 amide bonds. The van der Waals surface area contributed by atoms with E-state index >= 15 is 0 Å². The summed E-state index contributed by atoms with van der Waals surface area (Å²) in [4.78, 5) is 44.4. The summed E-state index contributed by atoms with van der Waals surface area (Å²) in [5.41, 5.74) is 3.60. The molecule has 9 nitrogen and oxygen atoms in total. The Balaban J connectivity index is 1.40. The van der Waals surface area contributed by atoms with E-state index in [1.165, 1.54) is 17.4 Å². The number of aromatic carboxylic acids is 1. The van der Waals surface area contributed by atoms with Crippen LogP contribution in [0.4, 0.5) is 0 Å². The Morgan fingerprint density at radius 1 is 0.875 bits per heavy atom. The lowest BCUT2D eigenvalue weighted by atomic mass is 9.93. The lowest BCUT2D eigenvalue weighted by Gasteiger charge is -2.26. The van der Waals surface area contributed by atoms with Crippen LogP contribution in [-0.4, -0.2) is 34.8 Å². The number of fused-ring (bicyclic) bond motifs is 1. The summed E-state index contributed by atoms with van der Waals surface area (Å²) in [5.74, 6) is -0.263. The summed E-state index contributed by atoms with van der Waals surface area (Å²) in [5, 5.41) is 9.24. The maximum Gasteiger partial charge on any atom is 0.338 e. The molecule has 0 aliphatic carbocycles. The number of hydrogen-bond acceptors (Lipinski definition) is 8. The van der Waals surface area contributed by atoms with E-state index in [1.807, 2.05) is 73.7 Å². The van der Waals surface area contributed by atoms with Crippen LogP contribution in [0.1, 0.15) is 52.5 Å². The highest BCUT2D eigenvalue weighted by Gasteiger charge is 2.35. The lowest BCUT2D eigenvalue weighted by Crippen LogP contribution is -2.40. The van der Waals surface area contributed by atoms with Gasteiger partial charge in [0.1, 0.15) is 18.1 Å². The van der Waals surface area contributed by atoms with Gasteiger partial charge in [0.2, 0.25) is 0 Å². The summed E-state index contributed by atoms with van der Waals surface area (Å²) >= 11 is 1.25. The van der Waals surface area contributed by atoms with Gasteiger partial charge in [-0.1, -0.05) is 78.1 Å². The fraction of sp³-hybridized carbons (Fsp3) is 0.158. The van der Waals surface area contributed by atoms with Crippen LogP contribution in [0.2, 0.25) is 0 Å². The van der Waals surface area contributed by atoms with Gasteiger partial charge in [-0.15, -0.1) is 0 Å². The van der Waals surface area contributed by atoms with Crippen molar-refractivity contribution in [3.63, 3.8) is 0 Å². The van der Waals surface area contributed by atoms with Crippen molar-refractivity contribution in [3.05, 3.63) is 156 Å². The van der Waals surface area contributed by atoms with Crippen LogP contribution in [-0.2, 0) is 16.1 Å². The number of rotatable bonds is 11. The molecule has 1 aliphatic heterocycles. The maximum absolute atomic E-state index is 14.2. The molecule has 6 rings (SSSR count). The van der Waals surface area contributed by atoms with E-state index < -0.39 is 18.0 Å². The SMILES string of the molecule is CCOC(=O)C1=C(c2ccccc2)N=c2s/c(=C\c3ccc(OCc4cccc(C(=O)O)c4)cc3)c(=O)n2[C@@H]1c1ccc(OCC)cc1. The first-order chi connectivity index (χ1) is 23.4. The van der Waals surface area contributed by atoms with Crippen molar-refractivity contribution in [2.75, 3.05) is 13.2 Å². The van der Waals surface area contributed by atoms with E-state index in [0.29, 0.717) is 38.7 Å². The number of thiazole rings is 1. The zero-order valence-electron chi connectivity index (χ0n) is 26.3. The van der Waals surface area contributed by atoms with Crippen molar-refractivity contribution in [3.8, 4) is 11.5 Å². The Hall–Kier alpha value is -5.74. The number of esters is 1. The molecule has 4 aromatic carbocycles. The summed E-state index contributed by atoms with van der Waals surface area (Å²) < 4.78 is 19.1. The Morgan fingerprint density at radius 2 is 1.58 bits per heavy atom. The fourth-order valence-electron chi connectivity index (χ4n) is 5.44.